The third-order valence-corrected chi connectivity index (χ3v) is 11.9. The van der Waals surface area contributed by atoms with Crippen LogP contribution in [0.5, 0.6) is 0 Å². The van der Waals surface area contributed by atoms with Crippen molar-refractivity contribution in [2.45, 2.75) is 179 Å². The standard InChI is InChI=1S/C38H69NO13/c1-15-26-38(10,45)31(42)21(4)28(40)19(2)17-37(9,47-14)33(52-35-29(41)25(39(11)12)16-20(3)48-35)22(5)30(23(6)34(44)50-26)51-27-18-36(8,46-13)32(43)24(7)49-27/h19-27,29-33,35,41-43,45H,15-18H2,1-14H3/t19-,20-,21+,22+,23-,24+,25+,26-,27+,29-,30+,31-,32+,33-,35+,36-,37-,38-/m1/s1/i11D3,14D3. The van der Waals surface area contributed by atoms with Crippen molar-refractivity contribution >= 4 is 11.8 Å². The first-order valence-electron chi connectivity index (χ1n) is 21.5. The van der Waals surface area contributed by atoms with Gasteiger partial charge < -0.3 is 58.5 Å². The first-order chi connectivity index (χ1) is 26.3. The quantitative estimate of drug-likeness (QED) is 0.265. The van der Waals surface area contributed by atoms with E-state index in [1.54, 1.807) is 34.6 Å². The van der Waals surface area contributed by atoms with Crippen LogP contribution in [0, 0.1) is 23.7 Å². The fraction of sp³-hybridized carbons (Fsp3) is 0.947. The molecule has 0 unspecified atom stereocenters. The van der Waals surface area contributed by atoms with E-state index in [4.69, 9.17) is 41.4 Å². The molecule has 3 aliphatic heterocycles. The number of methoxy groups -OCH3 is 2. The van der Waals surface area contributed by atoms with E-state index in [9.17, 15) is 30.0 Å². The third kappa shape index (κ3) is 9.38. The molecule has 0 aromatic carbocycles. The zero-order chi connectivity index (χ0) is 44.7. The molecule has 14 heteroatoms. The van der Waals surface area contributed by atoms with Gasteiger partial charge in [0.15, 0.2) is 12.6 Å². The maximum absolute atomic E-state index is 14.3. The van der Waals surface area contributed by atoms with E-state index in [1.165, 1.54) is 48.8 Å². The lowest BCUT2D eigenvalue weighted by atomic mass is 9.74. The fourth-order valence-electron chi connectivity index (χ4n) is 8.36. The lowest BCUT2D eigenvalue weighted by Gasteiger charge is -2.50. The minimum absolute atomic E-state index is 0.0262. The Morgan fingerprint density at radius 3 is 2.15 bits per heavy atom. The number of cyclic esters (lactones) is 1. The van der Waals surface area contributed by atoms with Crippen LogP contribution in [-0.4, -0.2) is 150 Å². The number of rotatable bonds is 8. The monoisotopic (exact) mass is 754 g/mol. The molecule has 3 heterocycles. The lowest BCUT2D eigenvalue weighted by Crippen LogP contribution is -2.61. The number of hydrogen-bond acceptors (Lipinski definition) is 14. The first-order valence-corrected chi connectivity index (χ1v) is 18.5. The number of Topliss-reactive ketones (excluding diaryl/α,β-unsaturated/α-hetero) is 1. The number of carbonyl (C=O) groups is 2. The van der Waals surface area contributed by atoms with Crippen LogP contribution in [0.4, 0.5) is 0 Å². The summed E-state index contributed by atoms with van der Waals surface area (Å²) in [7, 11) is -0.360. The lowest BCUT2D eigenvalue weighted by molar-refractivity contribution is -0.319. The summed E-state index contributed by atoms with van der Waals surface area (Å²) in [5.74, 6) is -6.11. The van der Waals surface area contributed by atoms with E-state index in [1.807, 2.05) is 0 Å². The Labute approximate surface area is 319 Å². The van der Waals surface area contributed by atoms with Gasteiger partial charge in [0.05, 0.1) is 51.8 Å². The number of hydrogen-bond donors (Lipinski definition) is 4. The minimum Gasteiger partial charge on any atom is -0.459 e. The third-order valence-electron chi connectivity index (χ3n) is 11.9. The minimum atomic E-state index is -3.12. The predicted molar refractivity (Wildman–Crippen MR) is 191 cm³/mol. The van der Waals surface area contributed by atoms with Crippen molar-refractivity contribution in [2.24, 2.45) is 23.7 Å². The van der Waals surface area contributed by atoms with Gasteiger partial charge in [0.25, 0.3) is 0 Å². The average Bonchev–Trinajstić information content (AvgIpc) is 3.11. The van der Waals surface area contributed by atoms with Gasteiger partial charge in [-0.2, -0.15) is 0 Å². The number of likely N-dealkylation sites (N-methyl/N-ethyl adjacent to an activating group) is 1. The molecule has 0 bridgehead atoms. The molecule has 18 atom stereocenters. The highest BCUT2D eigenvalue weighted by molar-refractivity contribution is 5.83. The SMILES string of the molecule is [2H]C([2H])([2H])O[C@]1(C)C[C@@H](C)C(=O)[C@H](C)[C@@H](O)[C@](C)(O)[C@@H](CC)OC(=O)[C@H](C)[C@@H](O[C@H]2C[C@@](C)(OC)[C@@H](O)[C@H](C)O2)[C@H](C)[C@H]1O[C@@H]1O[C@H](C)C[C@H](N(C)C([2H])([2H])[2H])[C@H]1O. The van der Waals surface area contributed by atoms with Crippen LogP contribution in [0.2, 0.25) is 0 Å². The maximum Gasteiger partial charge on any atom is 0.311 e. The van der Waals surface area contributed by atoms with Gasteiger partial charge in [-0.1, -0.05) is 27.7 Å². The molecule has 0 aromatic rings. The smallest absolute Gasteiger partial charge is 0.311 e. The molecule has 0 amide bonds. The van der Waals surface area contributed by atoms with Gasteiger partial charge in [-0.25, -0.2) is 0 Å². The summed E-state index contributed by atoms with van der Waals surface area (Å²) in [6, 6.07) is -1.01. The fourth-order valence-corrected chi connectivity index (χ4v) is 8.36. The molecule has 304 valence electrons. The van der Waals surface area contributed by atoms with Gasteiger partial charge in [-0.15, -0.1) is 0 Å². The summed E-state index contributed by atoms with van der Waals surface area (Å²) in [4.78, 5) is 29.4. The Morgan fingerprint density at radius 1 is 0.923 bits per heavy atom. The van der Waals surface area contributed by atoms with Crippen molar-refractivity contribution in [3.8, 4) is 0 Å². The van der Waals surface area contributed by atoms with Crippen LogP contribution in [0.25, 0.3) is 0 Å². The van der Waals surface area contributed by atoms with E-state index < -0.39 is 134 Å². The molecule has 4 N–H and O–H groups in total. The van der Waals surface area contributed by atoms with Gasteiger partial charge >= 0.3 is 5.97 Å². The molecule has 3 aliphatic rings. The van der Waals surface area contributed by atoms with Crippen molar-refractivity contribution in [1.82, 2.24) is 4.90 Å². The van der Waals surface area contributed by atoms with E-state index in [0.29, 0.717) is 0 Å². The number of aliphatic hydroxyl groups excluding tert-OH is 3. The molecular formula is C38H69NO13. The highest BCUT2D eigenvalue weighted by Crippen LogP contribution is 2.41. The zero-order valence-corrected chi connectivity index (χ0v) is 32.9. The molecule has 0 aliphatic carbocycles. The Morgan fingerprint density at radius 2 is 1.58 bits per heavy atom. The molecule has 0 saturated carbocycles. The van der Waals surface area contributed by atoms with Crippen LogP contribution < -0.4 is 0 Å². The van der Waals surface area contributed by atoms with Gasteiger partial charge in [0.1, 0.15) is 29.7 Å². The molecule has 0 aromatic heterocycles. The van der Waals surface area contributed by atoms with Crippen LogP contribution in [0.1, 0.15) is 103 Å². The second kappa shape index (κ2) is 17.7. The summed E-state index contributed by atoms with van der Waals surface area (Å²) in [5, 5.41) is 45.9. The Bertz CT molecular complexity index is 1390. The highest BCUT2D eigenvalue weighted by Gasteiger charge is 2.54. The van der Waals surface area contributed by atoms with Crippen molar-refractivity contribution in [3.05, 3.63) is 0 Å². The highest BCUT2D eigenvalue weighted by atomic mass is 16.7. The Kier molecular flexibility index (Phi) is 12.3. The Balaban J connectivity index is 2.33. The summed E-state index contributed by atoms with van der Waals surface area (Å²) >= 11 is 0. The summed E-state index contributed by atoms with van der Waals surface area (Å²) in [5.41, 5.74) is -5.28. The van der Waals surface area contributed by atoms with Crippen molar-refractivity contribution in [2.75, 3.05) is 28.2 Å². The van der Waals surface area contributed by atoms with Crippen molar-refractivity contribution < 1.29 is 71.4 Å². The van der Waals surface area contributed by atoms with Gasteiger partial charge in [-0.3, -0.25) is 9.59 Å². The number of esters is 1. The van der Waals surface area contributed by atoms with E-state index in [2.05, 4.69) is 0 Å². The molecule has 52 heavy (non-hydrogen) atoms. The number of carbonyl (C=O) groups excluding carboxylic acids is 2. The largest absolute Gasteiger partial charge is 0.459 e. The van der Waals surface area contributed by atoms with Crippen LogP contribution >= 0.6 is 0 Å². The number of aliphatic hydroxyl groups is 4. The zero-order valence-electron chi connectivity index (χ0n) is 38.9. The second-order valence-corrected chi connectivity index (χ2v) is 16.2. The molecule has 0 radical (unpaired) electrons. The molecular weight excluding hydrogens is 678 g/mol. The summed E-state index contributed by atoms with van der Waals surface area (Å²) in [6.07, 6.45) is -13.0. The normalized spacial score (nSPS) is 51.2. The Hall–Kier alpha value is -1.30. The van der Waals surface area contributed by atoms with Gasteiger partial charge in [-0.05, 0) is 74.8 Å². The molecule has 3 rings (SSSR count). The van der Waals surface area contributed by atoms with Crippen LogP contribution in [0.15, 0.2) is 0 Å². The van der Waals surface area contributed by atoms with Gasteiger partial charge in [0, 0.05) is 48.5 Å². The molecule has 3 fully saturated rings. The van der Waals surface area contributed by atoms with Gasteiger partial charge in [0.2, 0.25) is 0 Å². The van der Waals surface area contributed by atoms with E-state index in [-0.39, 0.29) is 25.7 Å². The molecule has 3 saturated heterocycles. The van der Waals surface area contributed by atoms with Crippen LogP contribution in [0.3, 0.4) is 0 Å². The summed E-state index contributed by atoms with van der Waals surface area (Å²) < 4.78 is 91.8. The van der Waals surface area contributed by atoms with Crippen LogP contribution in [-0.2, 0) is 42.7 Å². The maximum atomic E-state index is 14.3. The van der Waals surface area contributed by atoms with Crippen molar-refractivity contribution in [3.63, 3.8) is 0 Å². The topological polar surface area (TPSA) is 183 Å². The second-order valence-electron chi connectivity index (χ2n) is 16.2. The van der Waals surface area contributed by atoms with E-state index >= 15 is 0 Å². The van der Waals surface area contributed by atoms with Crippen molar-refractivity contribution in [1.29, 1.82) is 0 Å². The predicted octanol–water partition coefficient (Wildman–Crippen LogP) is 2.44. The number of ether oxygens (including phenoxy) is 7. The average molecular weight is 754 g/mol. The molecule has 14 nitrogen and oxygen atoms in total. The number of ketones is 1. The molecule has 0 spiro atoms. The number of nitrogens with zero attached hydrogens (tertiary/aromatic N) is 1. The summed E-state index contributed by atoms with van der Waals surface area (Å²) in [6.45, 7) is 12.7. The first kappa shape index (κ1) is 36.3. The van der Waals surface area contributed by atoms with E-state index in [0.717, 1.165) is 4.90 Å².